The van der Waals surface area contributed by atoms with Crippen molar-refractivity contribution < 1.29 is 9.90 Å². The Hall–Kier alpha value is -1.19. The highest BCUT2D eigenvalue weighted by Crippen LogP contribution is 2.11. The maximum atomic E-state index is 10.3. The lowest BCUT2D eigenvalue weighted by Gasteiger charge is -2.28. The molecule has 0 unspecified atom stereocenters. The number of piperidine rings is 1. The number of carboxylic acid groups (broad SMARTS) is 1. The number of nitrogens with two attached hydrogens (primary N) is 1. The van der Waals surface area contributed by atoms with E-state index in [-0.39, 0.29) is 0 Å². The maximum absolute atomic E-state index is 10.3. The minimum atomic E-state index is -0.974. The van der Waals surface area contributed by atoms with Gasteiger partial charge in [0.15, 0.2) is 0 Å². The number of aliphatic carboxylic acids is 1. The average molecular weight is 170 g/mol. The molecule has 1 rings (SSSR count). The molecule has 0 saturated carbocycles. The molecular formula is C8H14N2O2. The first kappa shape index (κ1) is 8.90. The summed E-state index contributed by atoms with van der Waals surface area (Å²) < 4.78 is 0. The Morgan fingerprint density at radius 1 is 1.33 bits per heavy atom. The van der Waals surface area contributed by atoms with Crippen LogP contribution in [-0.4, -0.2) is 29.1 Å². The maximum Gasteiger partial charge on any atom is 0.331 e. The van der Waals surface area contributed by atoms with E-state index in [4.69, 9.17) is 10.8 Å². The average Bonchev–Trinajstić information content (AvgIpc) is 2.05. The topological polar surface area (TPSA) is 66.6 Å². The molecule has 12 heavy (non-hydrogen) atoms. The van der Waals surface area contributed by atoms with E-state index in [0.717, 1.165) is 32.0 Å². The van der Waals surface area contributed by atoms with Gasteiger partial charge in [-0.15, -0.1) is 0 Å². The van der Waals surface area contributed by atoms with E-state index in [1.807, 2.05) is 4.90 Å². The fraction of sp³-hybridized carbons (Fsp3) is 0.625. The van der Waals surface area contributed by atoms with Gasteiger partial charge in [-0.3, -0.25) is 0 Å². The quantitative estimate of drug-likeness (QED) is 0.587. The minimum Gasteiger partial charge on any atom is -0.478 e. The van der Waals surface area contributed by atoms with Crippen molar-refractivity contribution in [2.45, 2.75) is 19.3 Å². The normalized spacial score (nSPS) is 19.3. The number of carbonyl (C=O) groups is 1. The summed E-state index contributed by atoms with van der Waals surface area (Å²) in [7, 11) is 0. The van der Waals surface area contributed by atoms with Crippen LogP contribution in [0, 0.1) is 0 Å². The van der Waals surface area contributed by atoms with E-state index >= 15 is 0 Å². The predicted molar refractivity (Wildman–Crippen MR) is 45.3 cm³/mol. The third-order valence-electron chi connectivity index (χ3n) is 1.99. The van der Waals surface area contributed by atoms with Crippen LogP contribution in [0.2, 0.25) is 0 Å². The summed E-state index contributed by atoms with van der Waals surface area (Å²) in [6.07, 6.45) is 4.49. The van der Waals surface area contributed by atoms with E-state index in [9.17, 15) is 4.79 Å². The van der Waals surface area contributed by atoms with Crippen LogP contribution in [0.15, 0.2) is 11.9 Å². The summed E-state index contributed by atoms with van der Waals surface area (Å²) in [5.74, 6) is -0.597. The van der Waals surface area contributed by atoms with Crippen molar-refractivity contribution in [3.05, 3.63) is 11.9 Å². The number of hydrogen-bond donors (Lipinski definition) is 2. The molecule has 0 bridgehead atoms. The van der Waals surface area contributed by atoms with E-state index in [2.05, 4.69) is 0 Å². The van der Waals surface area contributed by atoms with Crippen LogP contribution in [0.5, 0.6) is 0 Å². The Morgan fingerprint density at radius 2 is 1.92 bits per heavy atom. The molecule has 4 heteroatoms. The molecule has 1 heterocycles. The zero-order chi connectivity index (χ0) is 8.97. The molecule has 68 valence electrons. The van der Waals surface area contributed by atoms with Gasteiger partial charge in [-0.2, -0.15) is 0 Å². The summed E-state index contributed by atoms with van der Waals surface area (Å²) in [6.45, 7) is 1.77. The second-order valence-corrected chi connectivity index (χ2v) is 2.96. The molecule has 0 aromatic heterocycles. The number of rotatable bonds is 2. The highest BCUT2D eigenvalue weighted by atomic mass is 16.4. The molecule has 1 saturated heterocycles. The predicted octanol–water partition coefficient (Wildman–Crippen LogP) is 0.357. The van der Waals surface area contributed by atoms with E-state index in [1.165, 1.54) is 6.42 Å². The fourth-order valence-corrected chi connectivity index (χ4v) is 1.37. The third kappa shape index (κ3) is 2.45. The molecule has 3 N–H and O–H groups in total. The van der Waals surface area contributed by atoms with Gasteiger partial charge in [0.25, 0.3) is 0 Å². The summed E-state index contributed by atoms with van der Waals surface area (Å²) >= 11 is 0. The number of carboxylic acids is 1. The molecule has 0 aliphatic carbocycles. The lowest BCUT2D eigenvalue weighted by atomic mass is 10.1. The Balaban J connectivity index is 2.49. The largest absolute Gasteiger partial charge is 0.478 e. The van der Waals surface area contributed by atoms with E-state index in [0.29, 0.717) is 5.82 Å². The van der Waals surface area contributed by atoms with Gasteiger partial charge in [-0.25, -0.2) is 4.79 Å². The molecule has 0 amide bonds. The fourth-order valence-electron chi connectivity index (χ4n) is 1.37. The lowest BCUT2D eigenvalue weighted by molar-refractivity contribution is -0.131. The smallest absolute Gasteiger partial charge is 0.331 e. The Kier molecular flexibility index (Phi) is 2.96. The van der Waals surface area contributed by atoms with Crippen molar-refractivity contribution >= 4 is 5.97 Å². The molecule has 0 atom stereocenters. The zero-order valence-electron chi connectivity index (χ0n) is 6.99. The van der Waals surface area contributed by atoms with Crippen molar-refractivity contribution in [2.75, 3.05) is 13.1 Å². The van der Waals surface area contributed by atoms with Gasteiger partial charge in [0.05, 0.1) is 6.08 Å². The van der Waals surface area contributed by atoms with E-state index in [1.54, 1.807) is 0 Å². The Bertz CT molecular complexity index is 195. The highest BCUT2D eigenvalue weighted by molar-refractivity contribution is 5.80. The van der Waals surface area contributed by atoms with Gasteiger partial charge in [0.1, 0.15) is 5.82 Å². The van der Waals surface area contributed by atoms with Gasteiger partial charge in [-0.05, 0) is 19.3 Å². The van der Waals surface area contributed by atoms with Crippen LogP contribution < -0.4 is 5.73 Å². The SMILES string of the molecule is N/C(=C\C(=O)O)N1CCCCC1. The zero-order valence-corrected chi connectivity index (χ0v) is 6.99. The van der Waals surface area contributed by atoms with Gasteiger partial charge < -0.3 is 15.7 Å². The van der Waals surface area contributed by atoms with Gasteiger partial charge in [-0.1, -0.05) is 0 Å². The first-order valence-corrected chi connectivity index (χ1v) is 4.15. The molecule has 0 aromatic carbocycles. The molecular weight excluding hydrogens is 156 g/mol. The molecule has 4 nitrogen and oxygen atoms in total. The van der Waals surface area contributed by atoms with Crippen LogP contribution in [0.3, 0.4) is 0 Å². The van der Waals surface area contributed by atoms with Crippen molar-refractivity contribution in [3.63, 3.8) is 0 Å². The molecule has 1 aliphatic heterocycles. The van der Waals surface area contributed by atoms with Crippen LogP contribution in [0.4, 0.5) is 0 Å². The Morgan fingerprint density at radius 3 is 2.42 bits per heavy atom. The van der Waals surface area contributed by atoms with Crippen LogP contribution >= 0.6 is 0 Å². The van der Waals surface area contributed by atoms with Gasteiger partial charge in [0, 0.05) is 13.1 Å². The number of likely N-dealkylation sites (tertiary alicyclic amines) is 1. The lowest BCUT2D eigenvalue weighted by Crippen LogP contribution is -2.33. The highest BCUT2D eigenvalue weighted by Gasteiger charge is 2.11. The molecule has 0 aromatic rings. The number of hydrogen-bond acceptors (Lipinski definition) is 3. The summed E-state index contributed by atoms with van der Waals surface area (Å²) in [5, 5.41) is 8.43. The second-order valence-electron chi connectivity index (χ2n) is 2.96. The molecule has 1 fully saturated rings. The summed E-state index contributed by atoms with van der Waals surface area (Å²) in [4.78, 5) is 12.2. The van der Waals surface area contributed by atoms with Crippen molar-refractivity contribution in [3.8, 4) is 0 Å². The summed E-state index contributed by atoms with van der Waals surface area (Å²) in [6, 6.07) is 0. The molecule has 1 aliphatic rings. The molecule has 0 spiro atoms. The second kappa shape index (κ2) is 3.99. The standard InChI is InChI=1S/C8H14N2O2/c9-7(6-8(11)12)10-4-2-1-3-5-10/h6H,1-5,9H2,(H,11,12)/b7-6+. The Labute approximate surface area is 71.7 Å². The third-order valence-corrected chi connectivity index (χ3v) is 1.99. The van der Waals surface area contributed by atoms with Gasteiger partial charge in [0.2, 0.25) is 0 Å². The molecule has 0 radical (unpaired) electrons. The van der Waals surface area contributed by atoms with Gasteiger partial charge >= 0.3 is 5.97 Å². The summed E-state index contributed by atoms with van der Waals surface area (Å²) in [5.41, 5.74) is 5.56. The monoisotopic (exact) mass is 170 g/mol. The van der Waals surface area contributed by atoms with Crippen LogP contribution in [0.1, 0.15) is 19.3 Å². The minimum absolute atomic E-state index is 0.377. The first-order valence-electron chi connectivity index (χ1n) is 4.15. The van der Waals surface area contributed by atoms with Crippen LogP contribution in [-0.2, 0) is 4.79 Å². The van der Waals surface area contributed by atoms with Crippen molar-refractivity contribution in [1.82, 2.24) is 4.90 Å². The van der Waals surface area contributed by atoms with E-state index < -0.39 is 5.97 Å². The number of nitrogens with zero attached hydrogens (tertiary/aromatic N) is 1. The first-order chi connectivity index (χ1) is 5.70. The van der Waals surface area contributed by atoms with Crippen molar-refractivity contribution in [1.29, 1.82) is 0 Å². The van der Waals surface area contributed by atoms with Crippen LogP contribution in [0.25, 0.3) is 0 Å². The van der Waals surface area contributed by atoms with Crippen molar-refractivity contribution in [2.24, 2.45) is 5.73 Å².